The summed E-state index contributed by atoms with van der Waals surface area (Å²) in [7, 11) is 4.81. The number of allylic oxidation sites excluding steroid dienone is 1. The Hall–Kier alpha value is -3.90. The van der Waals surface area contributed by atoms with E-state index in [2.05, 4.69) is 76.0 Å². The molecule has 1 spiro atoms. The maximum absolute atomic E-state index is 8.32. The Bertz CT molecular complexity index is 1870. The quantitative estimate of drug-likeness (QED) is 0.0866. The number of ether oxygens (including phenoxy) is 2. The van der Waals surface area contributed by atoms with Gasteiger partial charge in [-0.1, -0.05) is 7.92 Å². The molecule has 2 fully saturated rings. The van der Waals surface area contributed by atoms with Crippen molar-refractivity contribution >= 4 is 80.8 Å². The molecular weight excluding hydrogens is 727 g/mol. The molecule has 270 valence electrons. The van der Waals surface area contributed by atoms with E-state index in [4.69, 9.17) is 19.9 Å². The lowest BCUT2D eigenvalue weighted by Gasteiger charge is -2.47. The molecule has 14 heteroatoms. The van der Waals surface area contributed by atoms with Gasteiger partial charge in [0.25, 0.3) is 0 Å². The van der Waals surface area contributed by atoms with Gasteiger partial charge in [-0.15, -0.1) is 0 Å². The van der Waals surface area contributed by atoms with Crippen molar-refractivity contribution in [3.8, 4) is 5.75 Å². The van der Waals surface area contributed by atoms with Crippen LogP contribution in [0.3, 0.4) is 0 Å². The number of piperidine rings is 2. The molecule has 4 heterocycles. The summed E-state index contributed by atoms with van der Waals surface area (Å²) in [5.41, 5.74) is 6.54. The molecule has 2 saturated heterocycles. The van der Waals surface area contributed by atoms with Crippen molar-refractivity contribution in [3.63, 3.8) is 0 Å². The zero-order chi connectivity index (χ0) is 36.0. The molecule has 0 amide bonds. The lowest BCUT2D eigenvalue weighted by atomic mass is 9.71. The van der Waals surface area contributed by atoms with Crippen LogP contribution in [0, 0.1) is 10.8 Å². The SMILES string of the molecule is CN/C=C(\C=N)c1cc(Nc2ncc(Br)c(Nc3ccc4nccnc4c3P(C)C)n2)c(OC)cc1N1CCC2(CCN(CCOC)CC2)CC1. The van der Waals surface area contributed by atoms with Crippen molar-refractivity contribution in [2.45, 2.75) is 25.7 Å². The van der Waals surface area contributed by atoms with E-state index in [1.807, 2.05) is 31.4 Å². The molecule has 0 bridgehead atoms. The lowest BCUT2D eigenvalue weighted by Crippen LogP contribution is -2.47. The Balaban J connectivity index is 1.27. The predicted molar refractivity (Wildman–Crippen MR) is 214 cm³/mol. The molecule has 0 unspecified atom stereocenters. The second kappa shape index (κ2) is 16.6. The molecule has 0 saturated carbocycles. The standard InChI is InChI=1S/C37H48BrN10O2P/c1-40-23-25(22-39)26-20-30(32(50-3)21-31(26)48-16-10-37(11-17-48)8-14-47(15-9-37)18-19-49-2)45-36-43-24-27(38)35(46-36)44-29-7-6-28-33(34(29)51(4)5)42-13-12-41-28/h6-7,12-13,20-24,39-40H,8-11,14-19H2,1-5H3,(H2,43,44,45,46)/b25-23+,39-22?. The van der Waals surface area contributed by atoms with Crippen LogP contribution < -0.4 is 30.9 Å². The molecule has 4 aromatic rings. The van der Waals surface area contributed by atoms with Crippen molar-refractivity contribution in [2.24, 2.45) is 5.41 Å². The van der Waals surface area contributed by atoms with E-state index in [0.29, 0.717) is 28.6 Å². The van der Waals surface area contributed by atoms with Crippen molar-refractivity contribution in [3.05, 3.63) is 59.1 Å². The third kappa shape index (κ3) is 8.27. The molecule has 51 heavy (non-hydrogen) atoms. The van der Waals surface area contributed by atoms with Gasteiger partial charge in [-0.3, -0.25) is 9.97 Å². The number of fused-ring (bicyclic) bond motifs is 1. The number of likely N-dealkylation sites (tertiary alicyclic amines) is 1. The third-order valence-corrected chi connectivity index (χ3v) is 12.0. The zero-order valence-corrected chi connectivity index (χ0v) is 32.6. The van der Waals surface area contributed by atoms with Crippen LogP contribution in [0.2, 0.25) is 0 Å². The van der Waals surface area contributed by atoms with E-state index in [1.54, 1.807) is 32.8 Å². The number of benzene rings is 2. The monoisotopic (exact) mass is 774 g/mol. The number of methoxy groups -OCH3 is 2. The number of rotatable bonds is 13. The number of hydrogen-bond acceptors (Lipinski definition) is 12. The molecule has 0 atom stereocenters. The van der Waals surface area contributed by atoms with Gasteiger partial charge in [-0.25, -0.2) is 4.98 Å². The second-order valence-corrected chi connectivity index (χ2v) is 16.4. The fraction of sp³-hybridized carbons (Fsp3) is 0.432. The predicted octanol–water partition coefficient (Wildman–Crippen LogP) is 6.58. The molecule has 6 rings (SSSR count). The van der Waals surface area contributed by atoms with Crippen molar-refractivity contribution < 1.29 is 9.47 Å². The highest BCUT2D eigenvalue weighted by molar-refractivity contribution is 9.10. The maximum atomic E-state index is 8.32. The van der Waals surface area contributed by atoms with E-state index in [1.165, 1.54) is 19.1 Å². The van der Waals surface area contributed by atoms with Crippen molar-refractivity contribution in [2.75, 3.05) is 89.5 Å². The van der Waals surface area contributed by atoms with Crippen LogP contribution in [0.4, 0.5) is 28.8 Å². The Morgan fingerprint density at radius 3 is 2.43 bits per heavy atom. The van der Waals surface area contributed by atoms with E-state index in [0.717, 1.165) is 95.5 Å². The summed E-state index contributed by atoms with van der Waals surface area (Å²) in [6.45, 7) is 10.4. The average molecular weight is 776 g/mol. The Morgan fingerprint density at radius 1 is 1.00 bits per heavy atom. The van der Waals surface area contributed by atoms with Crippen LogP contribution >= 0.6 is 23.9 Å². The van der Waals surface area contributed by atoms with Gasteiger partial charge in [0.2, 0.25) is 5.95 Å². The van der Waals surface area contributed by atoms with Crippen LogP contribution in [0.25, 0.3) is 16.6 Å². The van der Waals surface area contributed by atoms with Crippen LogP contribution in [0.15, 0.2) is 53.5 Å². The molecule has 2 aromatic carbocycles. The van der Waals surface area contributed by atoms with E-state index >= 15 is 0 Å². The van der Waals surface area contributed by atoms with E-state index < -0.39 is 7.92 Å². The highest BCUT2D eigenvalue weighted by Gasteiger charge is 2.38. The van der Waals surface area contributed by atoms with Crippen LogP contribution in [0.5, 0.6) is 5.75 Å². The first kappa shape index (κ1) is 36.9. The molecule has 2 aliphatic rings. The van der Waals surface area contributed by atoms with Crippen LogP contribution in [-0.4, -0.2) is 105 Å². The topological polar surface area (TPSA) is 136 Å². The van der Waals surface area contributed by atoms with Gasteiger partial charge < -0.3 is 40.6 Å². The van der Waals surface area contributed by atoms with Gasteiger partial charge in [0.05, 0.1) is 34.9 Å². The number of nitrogens with zero attached hydrogens (tertiary/aromatic N) is 6. The fourth-order valence-electron chi connectivity index (χ4n) is 7.21. The largest absolute Gasteiger partial charge is 0.494 e. The minimum absolute atomic E-state index is 0.388. The Morgan fingerprint density at radius 2 is 1.75 bits per heavy atom. The summed E-state index contributed by atoms with van der Waals surface area (Å²) in [5, 5.41) is 19.5. The first-order valence-electron chi connectivity index (χ1n) is 17.3. The maximum Gasteiger partial charge on any atom is 0.229 e. The number of halogens is 1. The molecular formula is C37H48BrN10O2P. The van der Waals surface area contributed by atoms with Crippen LogP contribution in [0.1, 0.15) is 31.2 Å². The number of hydrogen-bond donors (Lipinski definition) is 4. The molecule has 2 aromatic heterocycles. The van der Waals surface area contributed by atoms with Gasteiger partial charge in [0.15, 0.2) is 0 Å². The van der Waals surface area contributed by atoms with Crippen molar-refractivity contribution in [1.82, 2.24) is 30.2 Å². The molecule has 2 aliphatic heterocycles. The van der Waals surface area contributed by atoms with Gasteiger partial charge >= 0.3 is 0 Å². The molecule has 4 N–H and O–H groups in total. The van der Waals surface area contributed by atoms with Gasteiger partial charge in [0.1, 0.15) is 11.6 Å². The zero-order valence-electron chi connectivity index (χ0n) is 30.1. The summed E-state index contributed by atoms with van der Waals surface area (Å²) < 4.78 is 12.0. The number of nitrogens with one attached hydrogen (secondary N) is 4. The third-order valence-electron chi connectivity index (χ3n) is 10.1. The average Bonchev–Trinajstić information content (AvgIpc) is 3.15. The minimum Gasteiger partial charge on any atom is -0.494 e. The van der Waals surface area contributed by atoms with Crippen LogP contribution in [-0.2, 0) is 4.74 Å². The highest BCUT2D eigenvalue weighted by Crippen LogP contribution is 2.45. The van der Waals surface area contributed by atoms with Crippen molar-refractivity contribution in [1.29, 1.82) is 5.41 Å². The van der Waals surface area contributed by atoms with Gasteiger partial charge in [0, 0.05) is 98.7 Å². The first-order valence-corrected chi connectivity index (χ1v) is 20.3. The summed E-state index contributed by atoms with van der Waals surface area (Å²) >= 11 is 3.65. The number of aromatic nitrogens is 4. The Labute approximate surface area is 310 Å². The van der Waals surface area contributed by atoms with Gasteiger partial charge in [-0.2, -0.15) is 4.98 Å². The minimum atomic E-state index is -0.505. The smallest absolute Gasteiger partial charge is 0.229 e. The van der Waals surface area contributed by atoms with E-state index in [9.17, 15) is 0 Å². The first-order chi connectivity index (χ1) is 24.8. The van der Waals surface area contributed by atoms with Gasteiger partial charge in [-0.05, 0) is 91.6 Å². The summed E-state index contributed by atoms with van der Waals surface area (Å²) in [5.74, 6) is 1.70. The molecule has 0 aliphatic carbocycles. The summed E-state index contributed by atoms with van der Waals surface area (Å²) in [4.78, 5) is 23.6. The summed E-state index contributed by atoms with van der Waals surface area (Å²) in [6.07, 6.45) is 13.2. The van der Waals surface area contributed by atoms with E-state index in [-0.39, 0.29) is 0 Å². The molecule has 0 radical (unpaired) electrons. The summed E-state index contributed by atoms with van der Waals surface area (Å²) in [6, 6.07) is 8.14. The second-order valence-electron chi connectivity index (χ2n) is 13.3. The highest BCUT2D eigenvalue weighted by atomic mass is 79.9. The normalized spacial score (nSPS) is 16.5. The molecule has 12 nitrogen and oxygen atoms in total. The Kier molecular flexibility index (Phi) is 12.0. The number of anilines is 5. The lowest BCUT2D eigenvalue weighted by molar-refractivity contribution is 0.0618. The fourth-order valence-corrected chi connectivity index (χ4v) is 8.71.